The minimum absolute atomic E-state index is 0.313. The molecule has 0 spiro atoms. The van der Waals surface area contributed by atoms with Gasteiger partial charge in [-0.3, -0.25) is 4.90 Å². The van der Waals surface area contributed by atoms with E-state index in [9.17, 15) is 4.79 Å². The molecule has 3 rings (SSSR count). The minimum Gasteiger partial charge on any atom is -0.491 e. The number of likely N-dealkylation sites (tertiary alicyclic amines) is 1. The van der Waals surface area contributed by atoms with Crippen LogP contribution in [0.15, 0.2) is 48.5 Å². The Morgan fingerprint density at radius 1 is 1.23 bits per heavy atom. The fourth-order valence-electron chi connectivity index (χ4n) is 3.34. The van der Waals surface area contributed by atoms with E-state index >= 15 is 0 Å². The number of hydrogen-bond donors (Lipinski definition) is 1. The van der Waals surface area contributed by atoms with Gasteiger partial charge < -0.3 is 14.6 Å². The Kier molecular flexibility index (Phi) is 5.59. The molecule has 2 aromatic rings. The van der Waals surface area contributed by atoms with Gasteiger partial charge >= 0.3 is 5.97 Å². The molecule has 0 saturated carbocycles. The van der Waals surface area contributed by atoms with E-state index in [-0.39, 0.29) is 5.60 Å². The molecule has 0 radical (unpaired) electrons. The monoisotopic (exact) mass is 355 g/mol. The standard InChI is InChI=1S/C21H25NO4/c1-16-4-3-5-19(12-16)26-15-21(25-2)10-11-22(14-21)13-17-6-8-18(9-7-17)20(23)24/h3-9,12H,10-11,13-15H2,1-2H3,(H,23,24)/t21-/m1/s1. The molecule has 1 fully saturated rings. The maximum absolute atomic E-state index is 10.9. The van der Waals surface area contributed by atoms with Crippen molar-refractivity contribution in [3.8, 4) is 5.75 Å². The summed E-state index contributed by atoms with van der Waals surface area (Å²) >= 11 is 0. The number of ether oxygens (including phenoxy) is 2. The highest BCUT2D eigenvalue weighted by molar-refractivity contribution is 5.87. The zero-order valence-electron chi connectivity index (χ0n) is 15.3. The number of nitrogens with zero attached hydrogens (tertiary/aromatic N) is 1. The van der Waals surface area contributed by atoms with Crippen LogP contribution in [-0.2, 0) is 11.3 Å². The van der Waals surface area contributed by atoms with Crippen LogP contribution in [0.25, 0.3) is 0 Å². The fraction of sp³-hybridized carbons (Fsp3) is 0.381. The molecule has 1 heterocycles. The Balaban J connectivity index is 1.58. The lowest BCUT2D eigenvalue weighted by atomic mass is 10.0. The average Bonchev–Trinajstić information content (AvgIpc) is 3.04. The molecule has 0 aliphatic carbocycles. The summed E-state index contributed by atoms with van der Waals surface area (Å²) in [5.74, 6) is -0.0337. The van der Waals surface area contributed by atoms with Crippen molar-refractivity contribution in [2.75, 3.05) is 26.8 Å². The maximum atomic E-state index is 10.9. The van der Waals surface area contributed by atoms with E-state index in [2.05, 4.69) is 4.90 Å². The number of aromatic carboxylic acids is 1. The number of benzene rings is 2. The summed E-state index contributed by atoms with van der Waals surface area (Å²) < 4.78 is 11.8. The molecule has 1 aliphatic heterocycles. The molecule has 1 atom stereocenters. The van der Waals surface area contributed by atoms with Crippen LogP contribution in [0.5, 0.6) is 5.75 Å². The van der Waals surface area contributed by atoms with Crippen LogP contribution in [0.4, 0.5) is 0 Å². The Morgan fingerprint density at radius 3 is 2.65 bits per heavy atom. The molecule has 5 nitrogen and oxygen atoms in total. The number of aryl methyl sites for hydroxylation is 1. The predicted octanol–water partition coefficient (Wildman–Crippen LogP) is 3.36. The summed E-state index contributed by atoms with van der Waals surface area (Å²) in [6.07, 6.45) is 0.905. The van der Waals surface area contributed by atoms with Gasteiger partial charge in [-0.15, -0.1) is 0 Å². The lowest BCUT2D eigenvalue weighted by Crippen LogP contribution is -2.41. The van der Waals surface area contributed by atoms with Crippen LogP contribution >= 0.6 is 0 Å². The van der Waals surface area contributed by atoms with Gasteiger partial charge in [0.1, 0.15) is 18.0 Å². The van der Waals surface area contributed by atoms with E-state index in [4.69, 9.17) is 14.6 Å². The van der Waals surface area contributed by atoms with Gasteiger partial charge in [-0.05, 0) is 48.7 Å². The zero-order chi connectivity index (χ0) is 18.6. The van der Waals surface area contributed by atoms with Crippen LogP contribution in [0, 0.1) is 6.92 Å². The molecular formula is C21H25NO4. The SMILES string of the molecule is CO[C@]1(COc2cccc(C)c2)CCN(Cc2ccc(C(=O)O)cc2)C1. The third-order valence-electron chi connectivity index (χ3n) is 4.93. The van der Waals surface area contributed by atoms with Crippen LogP contribution < -0.4 is 4.74 Å². The lowest BCUT2D eigenvalue weighted by molar-refractivity contribution is -0.0359. The maximum Gasteiger partial charge on any atom is 0.335 e. The average molecular weight is 355 g/mol. The van der Waals surface area contributed by atoms with Crippen molar-refractivity contribution in [2.24, 2.45) is 0 Å². The van der Waals surface area contributed by atoms with E-state index in [1.807, 2.05) is 43.3 Å². The number of carboxylic acid groups (broad SMARTS) is 1. The van der Waals surface area contributed by atoms with Gasteiger partial charge in [-0.1, -0.05) is 24.3 Å². The second kappa shape index (κ2) is 7.89. The summed E-state index contributed by atoms with van der Waals surface area (Å²) in [6.45, 7) is 5.05. The summed E-state index contributed by atoms with van der Waals surface area (Å²) in [7, 11) is 1.74. The number of hydrogen-bond acceptors (Lipinski definition) is 4. The quantitative estimate of drug-likeness (QED) is 0.825. The summed E-state index contributed by atoms with van der Waals surface area (Å²) in [5, 5.41) is 8.99. The first kappa shape index (κ1) is 18.4. The smallest absolute Gasteiger partial charge is 0.335 e. The Morgan fingerprint density at radius 2 is 2.00 bits per heavy atom. The number of carbonyl (C=O) groups is 1. The van der Waals surface area contributed by atoms with E-state index in [1.165, 1.54) is 5.56 Å². The molecule has 26 heavy (non-hydrogen) atoms. The zero-order valence-corrected chi connectivity index (χ0v) is 15.3. The van der Waals surface area contributed by atoms with Gasteiger partial charge in [-0.2, -0.15) is 0 Å². The van der Waals surface area contributed by atoms with Crippen molar-refractivity contribution in [2.45, 2.75) is 25.5 Å². The summed E-state index contributed by atoms with van der Waals surface area (Å²) in [4.78, 5) is 13.3. The van der Waals surface area contributed by atoms with Crippen molar-refractivity contribution in [1.82, 2.24) is 4.90 Å². The Hall–Kier alpha value is -2.37. The molecule has 0 amide bonds. The third-order valence-corrected chi connectivity index (χ3v) is 4.93. The van der Waals surface area contributed by atoms with E-state index in [0.717, 1.165) is 37.4 Å². The van der Waals surface area contributed by atoms with Crippen LogP contribution in [0.2, 0.25) is 0 Å². The molecule has 0 bridgehead atoms. The van der Waals surface area contributed by atoms with Crippen molar-refractivity contribution in [3.05, 3.63) is 65.2 Å². The molecule has 1 saturated heterocycles. The third kappa shape index (κ3) is 4.42. The molecule has 0 unspecified atom stereocenters. The second-order valence-electron chi connectivity index (χ2n) is 6.96. The van der Waals surface area contributed by atoms with Crippen LogP contribution in [-0.4, -0.2) is 48.4 Å². The number of methoxy groups -OCH3 is 1. The highest BCUT2D eigenvalue weighted by atomic mass is 16.5. The summed E-state index contributed by atoms with van der Waals surface area (Å²) in [6, 6.07) is 15.1. The fourth-order valence-corrected chi connectivity index (χ4v) is 3.34. The van der Waals surface area contributed by atoms with Crippen molar-refractivity contribution >= 4 is 5.97 Å². The van der Waals surface area contributed by atoms with Gasteiger partial charge in [-0.25, -0.2) is 4.79 Å². The molecule has 138 valence electrons. The van der Waals surface area contributed by atoms with Gasteiger partial charge in [0.05, 0.1) is 5.56 Å². The van der Waals surface area contributed by atoms with E-state index < -0.39 is 5.97 Å². The molecule has 1 aliphatic rings. The molecule has 1 N–H and O–H groups in total. The highest BCUT2D eigenvalue weighted by Gasteiger charge is 2.39. The van der Waals surface area contributed by atoms with Crippen LogP contribution in [0.1, 0.15) is 27.9 Å². The Bertz CT molecular complexity index is 759. The van der Waals surface area contributed by atoms with Crippen LogP contribution in [0.3, 0.4) is 0 Å². The predicted molar refractivity (Wildman–Crippen MR) is 99.7 cm³/mol. The van der Waals surface area contributed by atoms with Gasteiger partial charge in [0.25, 0.3) is 0 Å². The van der Waals surface area contributed by atoms with E-state index in [1.54, 1.807) is 19.2 Å². The Labute approximate surface area is 154 Å². The van der Waals surface area contributed by atoms with E-state index in [0.29, 0.717) is 12.2 Å². The van der Waals surface area contributed by atoms with Crippen molar-refractivity contribution in [1.29, 1.82) is 0 Å². The summed E-state index contributed by atoms with van der Waals surface area (Å²) in [5.41, 5.74) is 2.27. The first-order chi connectivity index (χ1) is 12.5. The highest BCUT2D eigenvalue weighted by Crippen LogP contribution is 2.27. The molecule has 0 aromatic heterocycles. The first-order valence-corrected chi connectivity index (χ1v) is 8.79. The normalized spacial score (nSPS) is 20.2. The topological polar surface area (TPSA) is 59.0 Å². The van der Waals surface area contributed by atoms with Gasteiger partial charge in [0.2, 0.25) is 0 Å². The molecule has 2 aromatic carbocycles. The van der Waals surface area contributed by atoms with Gasteiger partial charge in [0, 0.05) is 26.7 Å². The van der Waals surface area contributed by atoms with Gasteiger partial charge in [0.15, 0.2) is 0 Å². The van der Waals surface area contributed by atoms with Crippen molar-refractivity contribution in [3.63, 3.8) is 0 Å². The lowest BCUT2D eigenvalue weighted by Gasteiger charge is -2.28. The first-order valence-electron chi connectivity index (χ1n) is 8.79. The molecular weight excluding hydrogens is 330 g/mol. The number of carboxylic acids is 1. The largest absolute Gasteiger partial charge is 0.491 e. The molecule has 5 heteroatoms. The van der Waals surface area contributed by atoms with Crippen molar-refractivity contribution < 1.29 is 19.4 Å². The minimum atomic E-state index is -0.899. The number of rotatable bonds is 7. The second-order valence-corrected chi connectivity index (χ2v) is 6.96.